The van der Waals surface area contributed by atoms with Crippen molar-refractivity contribution in [1.29, 1.82) is 0 Å². The summed E-state index contributed by atoms with van der Waals surface area (Å²) in [6.07, 6.45) is 10.3. The van der Waals surface area contributed by atoms with Gasteiger partial charge in [-0.05, 0) is 12.8 Å². The van der Waals surface area contributed by atoms with Crippen LogP contribution >= 0.6 is 0 Å². The molecule has 0 aliphatic rings. The van der Waals surface area contributed by atoms with Gasteiger partial charge in [0.2, 0.25) is 5.91 Å². The van der Waals surface area contributed by atoms with E-state index in [1.54, 1.807) is 0 Å². The molecule has 0 saturated heterocycles. The van der Waals surface area contributed by atoms with Gasteiger partial charge >= 0.3 is 71.1 Å². The summed E-state index contributed by atoms with van der Waals surface area (Å²) < 4.78 is 0. The summed E-state index contributed by atoms with van der Waals surface area (Å²) in [5.74, 6) is -2.57. The number of nitrogens with one attached hydrogen (secondary N) is 1. The Hall–Kier alpha value is 0.410. The standard InChI is InChI=1S/C17H31NO5.2Na.2H/c1-2-3-4-5-6-7-8-9-10-11-15(19)18-14(17(22)23)12-13-16(20)21;;;;/h14H,2-13H2,1H3,(H,18,19)(H,20,21)(H,22,23);;;;/q;2*+1;2*-1. The van der Waals surface area contributed by atoms with Gasteiger partial charge in [0.05, 0.1) is 0 Å². The van der Waals surface area contributed by atoms with Gasteiger partial charge in [-0.3, -0.25) is 9.59 Å². The van der Waals surface area contributed by atoms with Crippen molar-refractivity contribution < 1.29 is 86.6 Å². The average molecular weight is 377 g/mol. The number of carboxylic acids is 2. The summed E-state index contributed by atoms with van der Waals surface area (Å²) in [6, 6.07) is -1.11. The van der Waals surface area contributed by atoms with Gasteiger partial charge in [-0.15, -0.1) is 0 Å². The molecule has 0 saturated carbocycles. The number of hydrogen-bond acceptors (Lipinski definition) is 3. The van der Waals surface area contributed by atoms with Crippen LogP contribution in [0.4, 0.5) is 0 Å². The smallest absolute Gasteiger partial charge is 1.00 e. The number of hydrogen-bond donors (Lipinski definition) is 3. The van der Waals surface area contributed by atoms with Crippen molar-refractivity contribution in [1.82, 2.24) is 5.32 Å². The van der Waals surface area contributed by atoms with E-state index >= 15 is 0 Å². The van der Waals surface area contributed by atoms with E-state index in [2.05, 4.69) is 12.2 Å². The van der Waals surface area contributed by atoms with Crippen LogP contribution in [0.5, 0.6) is 0 Å². The van der Waals surface area contributed by atoms with Gasteiger partial charge in [0.25, 0.3) is 0 Å². The number of rotatable bonds is 15. The Bertz CT molecular complexity index is 377. The number of unbranched alkanes of at least 4 members (excludes halogenated alkanes) is 8. The summed E-state index contributed by atoms with van der Waals surface area (Å²) in [5.41, 5.74) is 0. The van der Waals surface area contributed by atoms with E-state index < -0.39 is 18.0 Å². The monoisotopic (exact) mass is 377 g/mol. The number of carboxylic acid groups (broad SMARTS) is 2. The number of carbonyl (C=O) groups is 3. The predicted molar refractivity (Wildman–Crippen MR) is 90.5 cm³/mol. The quantitative estimate of drug-likeness (QED) is 0.218. The van der Waals surface area contributed by atoms with E-state index in [4.69, 9.17) is 10.2 Å². The molecule has 0 aromatic heterocycles. The second kappa shape index (κ2) is 20.7. The van der Waals surface area contributed by atoms with Gasteiger partial charge in [-0.25, -0.2) is 4.79 Å². The third-order valence-corrected chi connectivity index (χ3v) is 3.79. The van der Waals surface area contributed by atoms with Crippen molar-refractivity contribution in [3.8, 4) is 0 Å². The van der Waals surface area contributed by atoms with Crippen LogP contribution in [0, 0.1) is 0 Å². The van der Waals surface area contributed by atoms with Crippen LogP contribution < -0.4 is 64.4 Å². The van der Waals surface area contributed by atoms with Crippen LogP contribution in [0.15, 0.2) is 0 Å². The largest absolute Gasteiger partial charge is 1.00 e. The Labute approximate surface area is 198 Å². The Morgan fingerprint density at radius 2 is 1.32 bits per heavy atom. The van der Waals surface area contributed by atoms with Crippen LogP contribution in [0.2, 0.25) is 0 Å². The predicted octanol–water partition coefficient (Wildman–Crippen LogP) is -2.43. The molecule has 0 aromatic rings. The molecular formula is C17H33NNa2O5. The first kappa shape index (κ1) is 30.1. The van der Waals surface area contributed by atoms with Crippen LogP contribution in [0.3, 0.4) is 0 Å². The van der Waals surface area contributed by atoms with Crippen LogP contribution in [-0.4, -0.2) is 34.1 Å². The van der Waals surface area contributed by atoms with Gasteiger partial charge < -0.3 is 18.4 Å². The van der Waals surface area contributed by atoms with E-state index in [9.17, 15) is 14.4 Å². The maximum Gasteiger partial charge on any atom is 1.00 e. The SMILES string of the molecule is CCCCCCCCCCCC(=O)NC(CCC(=O)O)C(=O)O.[H-].[H-].[Na+].[Na+]. The molecule has 3 N–H and O–H groups in total. The van der Waals surface area contributed by atoms with Gasteiger partial charge in [0, 0.05) is 12.8 Å². The Balaban J connectivity index is -0.000000403. The van der Waals surface area contributed by atoms with Crippen molar-refractivity contribution in [2.24, 2.45) is 0 Å². The first-order valence-electron chi connectivity index (χ1n) is 8.71. The second-order valence-electron chi connectivity index (χ2n) is 5.97. The fourth-order valence-electron chi connectivity index (χ4n) is 2.39. The molecule has 0 aliphatic carbocycles. The zero-order valence-electron chi connectivity index (χ0n) is 18.2. The molecule has 25 heavy (non-hydrogen) atoms. The van der Waals surface area contributed by atoms with E-state index in [0.717, 1.165) is 19.3 Å². The summed E-state index contributed by atoms with van der Waals surface area (Å²) in [6.45, 7) is 2.20. The molecule has 0 heterocycles. The molecule has 0 aromatic carbocycles. The van der Waals surface area contributed by atoms with Crippen LogP contribution in [0.25, 0.3) is 0 Å². The summed E-state index contributed by atoms with van der Waals surface area (Å²) >= 11 is 0. The molecule has 0 rings (SSSR count). The fourth-order valence-corrected chi connectivity index (χ4v) is 2.39. The van der Waals surface area contributed by atoms with Crippen molar-refractivity contribution in [2.75, 3.05) is 0 Å². The molecule has 8 heteroatoms. The molecule has 0 aliphatic heterocycles. The summed E-state index contributed by atoms with van der Waals surface area (Å²) in [7, 11) is 0. The Morgan fingerprint density at radius 1 is 0.840 bits per heavy atom. The number of amides is 1. The average Bonchev–Trinajstić information content (AvgIpc) is 2.49. The Morgan fingerprint density at radius 3 is 1.76 bits per heavy atom. The zero-order valence-corrected chi connectivity index (χ0v) is 20.2. The second-order valence-corrected chi connectivity index (χ2v) is 5.97. The minimum absolute atomic E-state index is 0. The molecule has 0 bridgehead atoms. The third kappa shape index (κ3) is 20.6. The van der Waals surface area contributed by atoms with Crippen LogP contribution in [-0.2, 0) is 14.4 Å². The maximum absolute atomic E-state index is 11.7. The minimum atomic E-state index is -1.19. The molecule has 0 radical (unpaired) electrons. The first-order chi connectivity index (χ1) is 11.0. The van der Waals surface area contributed by atoms with Gasteiger partial charge in [0.1, 0.15) is 6.04 Å². The van der Waals surface area contributed by atoms with Gasteiger partial charge in [-0.2, -0.15) is 0 Å². The third-order valence-electron chi connectivity index (χ3n) is 3.79. The van der Waals surface area contributed by atoms with Gasteiger partial charge in [0.15, 0.2) is 0 Å². The normalized spacial score (nSPS) is 10.9. The molecule has 0 spiro atoms. The van der Waals surface area contributed by atoms with Crippen molar-refractivity contribution in [3.05, 3.63) is 0 Å². The maximum atomic E-state index is 11.7. The molecule has 1 amide bonds. The molecule has 138 valence electrons. The van der Waals surface area contributed by atoms with Crippen molar-refractivity contribution in [2.45, 2.75) is 90.0 Å². The van der Waals surface area contributed by atoms with E-state index in [0.29, 0.717) is 6.42 Å². The molecular weight excluding hydrogens is 344 g/mol. The van der Waals surface area contributed by atoms with Crippen molar-refractivity contribution in [3.63, 3.8) is 0 Å². The fraction of sp³-hybridized carbons (Fsp3) is 0.824. The minimum Gasteiger partial charge on any atom is -1.00 e. The summed E-state index contributed by atoms with van der Waals surface area (Å²) in [4.78, 5) is 33.1. The van der Waals surface area contributed by atoms with E-state index in [1.807, 2.05) is 0 Å². The molecule has 6 nitrogen and oxygen atoms in total. The zero-order chi connectivity index (χ0) is 17.5. The topological polar surface area (TPSA) is 104 Å². The van der Waals surface area contributed by atoms with E-state index in [-0.39, 0.29) is 80.7 Å². The first-order valence-corrected chi connectivity index (χ1v) is 8.71. The number of carbonyl (C=O) groups excluding carboxylic acids is 1. The van der Waals surface area contributed by atoms with Gasteiger partial charge in [-0.1, -0.05) is 58.3 Å². The number of aliphatic carboxylic acids is 2. The Kier molecular flexibility index (Phi) is 25.0. The summed E-state index contributed by atoms with van der Waals surface area (Å²) in [5, 5.41) is 19.9. The van der Waals surface area contributed by atoms with E-state index in [1.165, 1.54) is 38.5 Å². The molecule has 0 fully saturated rings. The van der Waals surface area contributed by atoms with Crippen LogP contribution in [0.1, 0.15) is 86.8 Å². The van der Waals surface area contributed by atoms with Crippen molar-refractivity contribution >= 4 is 17.8 Å². The molecule has 1 atom stereocenters. The molecule has 1 unspecified atom stereocenters.